The SMILES string of the molecule is Cc1csc(CCNC(=O)C2COCC2N)n1. The van der Waals surface area contributed by atoms with Crippen LogP contribution in [0.2, 0.25) is 0 Å². The van der Waals surface area contributed by atoms with Crippen LogP contribution in [0.5, 0.6) is 0 Å². The minimum absolute atomic E-state index is 0.0109. The van der Waals surface area contributed by atoms with Gasteiger partial charge in [-0.3, -0.25) is 4.79 Å². The van der Waals surface area contributed by atoms with Crippen LogP contribution >= 0.6 is 11.3 Å². The lowest BCUT2D eigenvalue weighted by molar-refractivity contribution is -0.125. The summed E-state index contributed by atoms with van der Waals surface area (Å²) in [5.41, 5.74) is 6.80. The van der Waals surface area contributed by atoms with Crippen LogP contribution in [-0.4, -0.2) is 36.7 Å². The van der Waals surface area contributed by atoms with E-state index in [9.17, 15) is 4.79 Å². The van der Waals surface area contributed by atoms with E-state index >= 15 is 0 Å². The zero-order valence-corrected chi connectivity index (χ0v) is 10.6. The molecule has 1 aliphatic heterocycles. The minimum Gasteiger partial charge on any atom is -0.379 e. The summed E-state index contributed by atoms with van der Waals surface area (Å²) in [6, 6.07) is -0.169. The number of nitrogens with one attached hydrogen (secondary N) is 1. The van der Waals surface area contributed by atoms with Gasteiger partial charge in [0, 0.05) is 30.1 Å². The number of amides is 1. The molecule has 0 aliphatic carbocycles. The molecule has 6 heteroatoms. The van der Waals surface area contributed by atoms with Gasteiger partial charge < -0.3 is 15.8 Å². The van der Waals surface area contributed by atoms with E-state index in [0.717, 1.165) is 17.1 Å². The van der Waals surface area contributed by atoms with Crippen LogP contribution in [-0.2, 0) is 16.0 Å². The molecule has 17 heavy (non-hydrogen) atoms. The van der Waals surface area contributed by atoms with Crippen LogP contribution in [0.15, 0.2) is 5.38 Å². The zero-order valence-electron chi connectivity index (χ0n) is 9.81. The van der Waals surface area contributed by atoms with E-state index in [4.69, 9.17) is 10.5 Å². The first-order valence-corrected chi connectivity index (χ1v) is 6.57. The molecule has 0 saturated carbocycles. The van der Waals surface area contributed by atoms with Crippen LogP contribution in [0.3, 0.4) is 0 Å². The lowest BCUT2D eigenvalue weighted by atomic mass is 10.0. The monoisotopic (exact) mass is 255 g/mol. The van der Waals surface area contributed by atoms with E-state index in [-0.39, 0.29) is 17.9 Å². The third-order valence-electron chi connectivity index (χ3n) is 2.77. The van der Waals surface area contributed by atoms with Gasteiger partial charge in [-0.05, 0) is 6.92 Å². The molecule has 1 fully saturated rings. The molecule has 2 unspecified atom stereocenters. The topological polar surface area (TPSA) is 77.2 Å². The molecule has 1 aromatic rings. The first kappa shape index (κ1) is 12.5. The fraction of sp³-hybridized carbons (Fsp3) is 0.636. The first-order valence-electron chi connectivity index (χ1n) is 5.69. The van der Waals surface area contributed by atoms with Crippen molar-refractivity contribution in [1.82, 2.24) is 10.3 Å². The number of thiazole rings is 1. The molecule has 1 aromatic heterocycles. The largest absolute Gasteiger partial charge is 0.379 e. The van der Waals surface area contributed by atoms with Gasteiger partial charge in [0.05, 0.1) is 24.1 Å². The molecule has 2 atom stereocenters. The van der Waals surface area contributed by atoms with Gasteiger partial charge in [0.2, 0.25) is 5.91 Å². The number of nitrogens with zero attached hydrogens (tertiary/aromatic N) is 1. The quantitative estimate of drug-likeness (QED) is 0.799. The van der Waals surface area contributed by atoms with E-state index in [2.05, 4.69) is 10.3 Å². The molecular formula is C11H17N3O2S. The average Bonchev–Trinajstić information content (AvgIpc) is 2.87. The first-order chi connectivity index (χ1) is 8.16. The smallest absolute Gasteiger partial charge is 0.227 e. The number of carbonyl (C=O) groups excluding carboxylic acids is 1. The minimum atomic E-state index is -0.201. The van der Waals surface area contributed by atoms with Crippen molar-refractivity contribution in [3.05, 3.63) is 16.1 Å². The lowest BCUT2D eigenvalue weighted by Crippen LogP contribution is -2.41. The highest BCUT2D eigenvalue weighted by molar-refractivity contribution is 7.09. The fourth-order valence-electron chi connectivity index (χ4n) is 1.78. The molecule has 1 amide bonds. The maximum Gasteiger partial charge on any atom is 0.227 e. The van der Waals surface area contributed by atoms with Gasteiger partial charge in [0.15, 0.2) is 0 Å². The second kappa shape index (κ2) is 5.57. The van der Waals surface area contributed by atoms with Crippen molar-refractivity contribution in [1.29, 1.82) is 0 Å². The summed E-state index contributed by atoms with van der Waals surface area (Å²) in [5, 5.41) is 5.94. The van der Waals surface area contributed by atoms with Crippen molar-refractivity contribution in [2.45, 2.75) is 19.4 Å². The number of carbonyl (C=O) groups is 1. The molecule has 1 saturated heterocycles. The Morgan fingerprint density at radius 1 is 1.71 bits per heavy atom. The number of hydrogen-bond donors (Lipinski definition) is 2. The highest BCUT2D eigenvalue weighted by atomic mass is 32.1. The van der Waals surface area contributed by atoms with Crippen LogP contribution in [0.25, 0.3) is 0 Å². The molecule has 2 heterocycles. The zero-order chi connectivity index (χ0) is 12.3. The van der Waals surface area contributed by atoms with E-state index in [1.807, 2.05) is 12.3 Å². The van der Waals surface area contributed by atoms with Gasteiger partial charge in [-0.1, -0.05) is 0 Å². The molecule has 0 bridgehead atoms. The van der Waals surface area contributed by atoms with E-state index in [0.29, 0.717) is 19.8 Å². The van der Waals surface area contributed by atoms with E-state index < -0.39 is 0 Å². The summed E-state index contributed by atoms with van der Waals surface area (Å²) >= 11 is 1.62. The number of aromatic nitrogens is 1. The normalized spacial score (nSPS) is 23.9. The van der Waals surface area contributed by atoms with Crippen molar-refractivity contribution in [3.8, 4) is 0 Å². The predicted octanol–water partition coefficient (Wildman–Crippen LogP) is 0.0839. The number of rotatable bonds is 4. The van der Waals surface area contributed by atoms with Gasteiger partial charge in [0.25, 0.3) is 0 Å². The Labute approximate surface area is 104 Å². The van der Waals surface area contributed by atoms with Gasteiger partial charge >= 0.3 is 0 Å². The summed E-state index contributed by atoms with van der Waals surface area (Å²) in [7, 11) is 0. The summed E-state index contributed by atoms with van der Waals surface area (Å²) in [4.78, 5) is 16.1. The van der Waals surface area contributed by atoms with E-state index in [1.165, 1.54) is 0 Å². The van der Waals surface area contributed by atoms with Crippen molar-refractivity contribution in [2.75, 3.05) is 19.8 Å². The third-order valence-corrected chi connectivity index (χ3v) is 3.79. The Hall–Kier alpha value is -0.980. The number of nitrogens with two attached hydrogens (primary N) is 1. The molecule has 1 aliphatic rings. The Morgan fingerprint density at radius 3 is 3.12 bits per heavy atom. The molecule has 0 radical (unpaired) electrons. The Balaban J connectivity index is 1.73. The van der Waals surface area contributed by atoms with Gasteiger partial charge in [-0.15, -0.1) is 11.3 Å². The van der Waals surface area contributed by atoms with Crippen LogP contribution in [0.1, 0.15) is 10.7 Å². The summed E-state index contributed by atoms with van der Waals surface area (Å²) in [5.74, 6) is -0.212. The molecular weight excluding hydrogens is 238 g/mol. The fourth-order valence-corrected chi connectivity index (χ4v) is 2.56. The van der Waals surface area contributed by atoms with Crippen molar-refractivity contribution in [3.63, 3.8) is 0 Å². The van der Waals surface area contributed by atoms with Crippen LogP contribution in [0, 0.1) is 12.8 Å². The maximum atomic E-state index is 11.8. The van der Waals surface area contributed by atoms with Gasteiger partial charge in [-0.2, -0.15) is 0 Å². The van der Waals surface area contributed by atoms with Crippen LogP contribution < -0.4 is 11.1 Å². The van der Waals surface area contributed by atoms with Crippen molar-refractivity contribution < 1.29 is 9.53 Å². The highest BCUT2D eigenvalue weighted by Gasteiger charge is 2.30. The average molecular weight is 255 g/mol. The predicted molar refractivity (Wildman–Crippen MR) is 65.8 cm³/mol. The molecule has 0 aromatic carbocycles. The Kier molecular flexibility index (Phi) is 4.09. The molecule has 3 N–H and O–H groups in total. The molecule has 0 spiro atoms. The number of aryl methyl sites for hydroxylation is 1. The van der Waals surface area contributed by atoms with Gasteiger partial charge in [0.1, 0.15) is 0 Å². The Bertz CT molecular complexity index is 394. The summed E-state index contributed by atoms with van der Waals surface area (Å²) in [6.07, 6.45) is 0.771. The lowest BCUT2D eigenvalue weighted by Gasteiger charge is -2.12. The van der Waals surface area contributed by atoms with E-state index in [1.54, 1.807) is 11.3 Å². The second-order valence-corrected chi connectivity index (χ2v) is 5.17. The maximum absolute atomic E-state index is 11.8. The number of ether oxygens (including phenoxy) is 1. The standard InChI is InChI=1S/C11H17N3O2S/c1-7-6-17-10(14-7)2-3-13-11(15)8-4-16-5-9(8)12/h6,8-9H,2-5,12H2,1H3,(H,13,15). The second-order valence-electron chi connectivity index (χ2n) is 4.23. The molecule has 94 valence electrons. The third kappa shape index (κ3) is 3.24. The van der Waals surface area contributed by atoms with Gasteiger partial charge in [-0.25, -0.2) is 4.98 Å². The van der Waals surface area contributed by atoms with Crippen molar-refractivity contribution >= 4 is 17.2 Å². The molecule has 5 nitrogen and oxygen atoms in total. The van der Waals surface area contributed by atoms with Crippen LogP contribution in [0.4, 0.5) is 0 Å². The van der Waals surface area contributed by atoms with Crippen molar-refractivity contribution in [2.24, 2.45) is 11.7 Å². The molecule has 2 rings (SSSR count). The summed E-state index contributed by atoms with van der Waals surface area (Å²) < 4.78 is 5.16. The number of hydrogen-bond acceptors (Lipinski definition) is 5. The summed E-state index contributed by atoms with van der Waals surface area (Å²) in [6.45, 7) is 3.48. The Morgan fingerprint density at radius 2 is 2.53 bits per heavy atom. The highest BCUT2D eigenvalue weighted by Crippen LogP contribution is 2.12.